The molecule has 0 bridgehead atoms. The predicted molar refractivity (Wildman–Crippen MR) is 127 cm³/mol. The van der Waals surface area contributed by atoms with Gasteiger partial charge in [-0.15, -0.1) is 5.92 Å². The average Bonchev–Trinajstić information content (AvgIpc) is 3.19. The molecule has 1 atom stereocenters. The van der Waals surface area contributed by atoms with Crippen molar-refractivity contribution in [1.29, 1.82) is 0 Å². The maximum absolute atomic E-state index is 13.3. The number of amidine groups is 1. The molecule has 0 spiro atoms. The van der Waals surface area contributed by atoms with E-state index in [0.29, 0.717) is 37.7 Å². The topological polar surface area (TPSA) is 113 Å². The number of benzene rings is 1. The Hall–Kier alpha value is -3.51. The Morgan fingerprint density at radius 3 is 3.00 bits per heavy atom. The van der Waals surface area contributed by atoms with Gasteiger partial charge in [0, 0.05) is 32.7 Å². The first-order valence-electron chi connectivity index (χ1n) is 11.0. The highest BCUT2D eigenvalue weighted by molar-refractivity contribution is 6.01. The van der Waals surface area contributed by atoms with Crippen LogP contribution in [0.5, 0.6) is 0 Å². The van der Waals surface area contributed by atoms with E-state index in [2.05, 4.69) is 37.7 Å². The number of carbonyl (C=O) groups excluding carboxylic acids is 1. The Kier molecular flexibility index (Phi) is 6.61. The zero-order chi connectivity index (χ0) is 22.5. The number of imidazole rings is 1. The fraction of sp³-hybridized carbons (Fsp3) is 0.435. The summed E-state index contributed by atoms with van der Waals surface area (Å²) < 4.78 is 1.88. The minimum absolute atomic E-state index is 0.0970. The molecular formula is C23H30N8O. The second kappa shape index (κ2) is 9.75. The maximum Gasteiger partial charge on any atom is 0.272 e. The SMILES string of the molecule is CC#CCn1c(N2CCCC(N)C2)nc(NC)c1C(=O)NCC1=Nc2ccccc2CN1. The highest BCUT2D eigenvalue weighted by Crippen LogP contribution is 2.26. The Balaban J connectivity index is 1.58. The minimum atomic E-state index is -0.226. The lowest BCUT2D eigenvalue weighted by Crippen LogP contribution is -2.44. The van der Waals surface area contributed by atoms with E-state index in [1.54, 1.807) is 14.0 Å². The number of piperidine rings is 1. The number of hydrogen-bond acceptors (Lipinski definition) is 7. The van der Waals surface area contributed by atoms with E-state index in [1.807, 2.05) is 28.8 Å². The monoisotopic (exact) mass is 434 g/mol. The molecule has 1 amide bonds. The number of aromatic nitrogens is 2. The van der Waals surface area contributed by atoms with Gasteiger partial charge in [0.15, 0.2) is 11.5 Å². The smallest absolute Gasteiger partial charge is 0.272 e. The first-order valence-corrected chi connectivity index (χ1v) is 11.0. The summed E-state index contributed by atoms with van der Waals surface area (Å²) in [5, 5.41) is 9.34. The van der Waals surface area contributed by atoms with Crippen molar-refractivity contribution in [2.24, 2.45) is 10.7 Å². The Morgan fingerprint density at radius 2 is 2.22 bits per heavy atom. The van der Waals surface area contributed by atoms with Crippen LogP contribution in [0.4, 0.5) is 17.5 Å². The molecule has 0 aliphatic carbocycles. The van der Waals surface area contributed by atoms with Crippen LogP contribution < -0.4 is 26.6 Å². The maximum atomic E-state index is 13.3. The first kappa shape index (κ1) is 21.7. The fourth-order valence-electron chi connectivity index (χ4n) is 4.09. The van der Waals surface area contributed by atoms with E-state index >= 15 is 0 Å². The number of anilines is 2. The minimum Gasteiger partial charge on any atom is -0.371 e. The molecule has 1 aromatic heterocycles. The van der Waals surface area contributed by atoms with Crippen LogP contribution in [0, 0.1) is 11.8 Å². The van der Waals surface area contributed by atoms with E-state index in [0.717, 1.165) is 42.4 Å². The molecule has 2 aromatic rings. The largest absolute Gasteiger partial charge is 0.371 e. The lowest BCUT2D eigenvalue weighted by Gasteiger charge is -2.31. The van der Waals surface area contributed by atoms with Gasteiger partial charge >= 0.3 is 0 Å². The van der Waals surface area contributed by atoms with Crippen LogP contribution in [-0.4, -0.2) is 54.0 Å². The number of amides is 1. The van der Waals surface area contributed by atoms with Crippen molar-refractivity contribution in [2.75, 3.05) is 36.9 Å². The molecule has 9 nitrogen and oxygen atoms in total. The number of nitrogens with two attached hydrogens (primary N) is 1. The summed E-state index contributed by atoms with van der Waals surface area (Å²) in [5.74, 6) is 7.74. The van der Waals surface area contributed by atoms with E-state index in [1.165, 1.54) is 0 Å². The molecule has 4 rings (SSSR count). The second-order valence-electron chi connectivity index (χ2n) is 7.94. The van der Waals surface area contributed by atoms with E-state index in [4.69, 9.17) is 10.7 Å². The van der Waals surface area contributed by atoms with Crippen LogP contribution in [-0.2, 0) is 13.1 Å². The van der Waals surface area contributed by atoms with Crippen molar-refractivity contribution < 1.29 is 4.79 Å². The van der Waals surface area contributed by atoms with Crippen molar-refractivity contribution in [3.05, 3.63) is 35.5 Å². The van der Waals surface area contributed by atoms with Gasteiger partial charge in [-0.25, -0.2) is 4.99 Å². The highest BCUT2D eigenvalue weighted by atomic mass is 16.2. The van der Waals surface area contributed by atoms with Gasteiger partial charge < -0.3 is 26.6 Å². The number of nitrogens with one attached hydrogen (secondary N) is 3. The molecule has 1 aromatic carbocycles. The van der Waals surface area contributed by atoms with Gasteiger partial charge in [0.2, 0.25) is 5.95 Å². The normalized spacial score (nSPS) is 17.4. The van der Waals surface area contributed by atoms with Gasteiger partial charge in [0.05, 0.1) is 18.8 Å². The number of aliphatic imine (C=N–C) groups is 1. The van der Waals surface area contributed by atoms with Crippen LogP contribution in [0.3, 0.4) is 0 Å². The van der Waals surface area contributed by atoms with Crippen molar-refractivity contribution in [1.82, 2.24) is 20.2 Å². The summed E-state index contributed by atoms with van der Waals surface area (Å²) in [5.41, 5.74) is 8.72. The van der Waals surface area contributed by atoms with Gasteiger partial charge in [-0.3, -0.25) is 9.36 Å². The zero-order valence-electron chi connectivity index (χ0n) is 18.6. The number of rotatable bonds is 6. The molecule has 2 aliphatic heterocycles. The summed E-state index contributed by atoms with van der Waals surface area (Å²) >= 11 is 0. The Morgan fingerprint density at radius 1 is 1.38 bits per heavy atom. The quantitative estimate of drug-likeness (QED) is 0.512. The van der Waals surface area contributed by atoms with Crippen LogP contribution in [0.25, 0.3) is 0 Å². The number of carbonyl (C=O) groups is 1. The van der Waals surface area contributed by atoms with Gasteiger partial charge in [0.25, 0.3) is 5.91 Å². The fourth-order valence-corrected chi connectivity index (χ4v) is 4.09. The van der Waals surface area contributed by atoms with Gasteiger partial charge in [-0.2, -0.15) is 4.98 Å². The van der Waals surface area contributed by atoms with Crippen LogP contribution in [0.2, 0.25) is 0 Å². The number of hydrogen-bond donors (Lipinski definition) is 4. The molecule has 0 radical (unpaired) electrons. The Bertz CT molecular complexity index is 1080. The van der Waals surface area contributed by atoms with Crippen molar-refractivity contribution in [2.45, 2.75) is 38.9 Å². The summed E-state index contributed by atoms with van der Waals surface area (Å²) in [7, 11) is 1.77. The standard InChI is InChI=1S/C23H30N8O/c1-3-4-12-31-20(21(25-2)29-23(31)30-11-7-9-17(24)15-30)22(32)27-14-19-26-13-16-8-5-6-10-18(16)28-19/h5-6,8,10,17,25H,7,9,11-15,24H2,1-2H3,(H,26,28)(H,27,32). The third-order valence-corrected chi connectivity index (χ3v) is 5.70. The molecule has 3 heterocycles. The van der Waals surface area contributed by atoms with Crippen LogP contribution >= 0.6 is 0 Å². The summed E-state index contributed by atoms with van der Waals surface area (Å²) in [4.78, 5) is 24.8. The van der Waals surface area contributed by atoms with Crippen LogP contribution in [0.1, 0.15) is 35.8 Å². The van der Waals surface area contributed by atoms with Gasteiger partial charge in [-0.1, -0.05) is 24.1 Å². The molecule has 1 fully saturated rings. The number of para-hydroxylation sites is 1. The zero-order valence-corrected chi connectivity index (χ0v) is 18.6. The van der Waals surface area contributed by atoms with Crippen LogP contribution in [0.15, 0.2) is 29.3 Å². The van der Waals surface area contributed by atoms with Gasteiger partial charge in [-0.05, 0) is 31.4 Å². The van der Waals surface area contributed by atoms with Gasteiger partial charge in [0.1, 0.15) is 5.84 Å². The van der Waals surface area contributed by atoms with Crippen molar-refractivity contribution >= 4 is 29.2 Å². The van der Waals surface area contributed by atoms with Crippen molar-refractivity contribution in [3.8, 4) is 11.8 Å². The average molecular weight is 435 g/mol. The second-order valence-corrected chi connectivity index (χ2v) is 7.94. The molecule has 1 saturated heterocycles. The molecule has 32 heavy (non-hydrogen) atoms. The molecule has 9 heteroatoms. The molecular weight excluding hydrogens is 404 g/mol. The molecule has 5 N–H and O–H groups in total. The first-order chi connectivity index (χ1) is 15.6. The lowest BCUT2D eigenvalue weighted by atomic mass is 10.1. The number of nitrogens with zero attached hydrogens (tertiary/aromatic N) is 4. The summed E-state index contributed by atoms with van der Waals surface area (Å²) in [6.07, 6.45) is 1.99. The Labute approximate surface area is 188 Å². The molecule has 1 unspecified atom stereocenters. The molecule has 0 saturated carbocycles. The van der Waals surface area contributed by atoms with E-state index in [-0.39, 0.29) is 11.9 Å². The predicted octanol–water partition coefficient (Wildman–Crippen LogP) is 1.44. The molecule has 168 valence electrons. The third-order valence-electron chi connectivity index (χ3n) is 5.70. The van der Waals surface area contributed by atoms with E-state index in [9.17, 15) is 4.79 Å². The van der Waals surface area contributed by atoms with E-state index < -0.39 is 0 Å². The lowest BCUT2D eigenvalue weighted by molar-refractivity contribution is 0.0951. The number of fused-ring (bicyclic) bond motifs is 1. The van der Waals surface area contributed by atoms with Crippen molar-refractivity contribution in [3.63, 3.8) is 0 Å². The summed E-state index contributed by atoms with van der Waals surface area (Å²) in [6, 6.07) is 8.08. The third kappa shape index (κ3) is 4.55. The summed E-state index contributed by atoms with van der Waals surface area (Å²) in [6.45, 7) is 4.72. The highest BCUT2D eigenvalue weighted by Gasteiger charge is 2.28. The molecule has 2 aliphatic rings.